The summed E-state index contributed by atoms with van der Waals surface area (Å²) in [5, 5.41) is 21.5. The van der Waals surface area contributed by atoms with Crippen LogP contribution in [0.2, 0.25) is 0 Å². The van der Waals surface area contributed by atoms with Crippen molar-refractivity contribution in [2.75, 3.05) is 11.1 Å². The van der Waals surface area contributed by atoms with Gasteiger partial charge in [0.05, 0.1) is 11.3 Å². The summed E-state index contributed by atoms with van der Waals surface area (Å²) < 4.78 is 31.9. The highest BCUT2D eigenvalue weighted by Gasteiger charge is 2.21. The van der Waals surface area contributed by atoms with Gasteiger partial charge in [0.2, 0.25) is 11.0 Å². The molecule has 0 spiro atoms. The van der Waals surface area contributed by atoms with Crippen molar-refractivity contribution in [1.82, 2.24) is 25.0 Å². The predicted octanol–water partition coefficient (Wildman–Crippen LogP) is 5.20. The van der Waals surface area contributed by atoms with Gasteiger partial charge in [0.1, 0.15) is 10.8 Å². The second-order valence-electron chi connectivity index (χ2n) is 7.54. The van der Waals surface area contributed by atoms with E-state index < -0.39 is 6.61 Å². The van der Waals surface area contributed by atoms with E-state index in [0.717, 1.165) is 17.8 Å². The van der Waals surface area contributed by atoms with Crippen molar-refractivity contribution in [3.05, 3.63) is 29.3 Å². The lowest BCUT2D eigenvalue weighted by molar-refractivity contribution is -0.113. The number of thioether (sulfide) groups is 1. The zero-order valence-corrected chi connectivity index (χ0v) is 19.7. The average molecular weight is 495 g/mol. The lowest BCUT2D eigenvalue weighted by Crippen LogP contribution is -2.14. The van der Waals surface area contributed by atoms with E-state index in [9.17, 15) is 13.6 Å². The minimum absolute atomic E-state index is 0.0222. The number of para-hydroxylation sites is 1. The molecule has 0 saturated heterocycles. The molecule has 0 aliphatic heterocycles. The fourth-order valence-corrected chi connectivity index (χ4v) is 5.55. The number of carbonyl (C=O) groups excluding carboxylic acids is 1. The number of anilines is 1. The quantitative estimate of drug-likeness (QED) is 0.409. The van der Waals surface area contributed by atoms with Crippen LogP contribution in [0.25, 0.3) is 11.4 Å². The lowest BCUT2D eigenvalue weighted by atomic mass is 9.90. The number of benzene rings is 1. The van der Waals surface area contributed by atoms with E-state index in [0.29, 0.717) is 34.1 Å². The van der Waals surface area contributed by atoms with Gasteiger partial charge >= 0.3 is 6.61 Å². The van der Waals surface area contributed by atoms with Gasteiger partial charge in [-0.05, 0) is 31.9 Å². The largest absolute Gasteiger partial charge is 0.434 e. The summed E-state index contributed by atoms with van der Waals surface area (Å²) in [6, 6.07) is 6.43. The molecule has 1 aromatic carbocycles. The number of carbonyl (C=O) groups is 1. The highest BCUT2D eigenvalue weighted by molar-refractivity contribution is 7.99. The molecule has 0 unspecified atom stereocenters. The Balaban J connectivity index is 1.40. The second-order valence-corrected chi connectivity index (χ2v) is 9.49. The summed E-state index contributed by atoms with van der Waals surface area (Å²) in [7, 11) is 0. The first-order valence-corrected chi connectivity index (χ1v) is 12.6. The maximum atomic E-state index is 12.8. The fourth-order valence-electron chi connectivity index (χ4n) is 3.81. The Bertz CT molecular complexity index is 1080. The molecule has 0 radical (unpaired) electrons. The summed E-state index contributed by atoms with van der Waals surface area (Å²) in [4.78, 5) is 12.5. The molecule has 4 rings (SSSR count). The van der Waals surface area contributed by atoms with Gasteiger partial charge in [-0.1, -0.05) is 54.5 Å². The van der Waals surface area contributed by atoms with E-state index in [1.807, 2.05) is 6.92 Å². The number of aromatic nitrogens is 5. The van der Waals surface area contributed by atoms with Crippen LogP contribution in [0, 0.1) is 0 Å². The van der Waals surface area contributed by atoms with Crippen molar-refractivity contribution in [2.45, 2.75) is 63.3 Å². The van der Waals surface area contributed by atoms with Gasteiger partial charge in [-0.3, -0.25) is 10.1 Å². The van der Waals surface area contributed by atoms with Crippen LogP contribution >= 0.6 is 23.1 Å². The van der Waals surface area contributed by atoms with Crippen molar-refractivity contribution in [3.63, 3.8) is 0 Å². The molecule has 2 heterocycles. The minimum atomic E-state index is -2.94. The number of nitrogens with zero attached hydrogens (tertiary/aromatic N) is 5. The molecule has 2 aromatic heterocycles. The van der Waals surface area contributed by atoms with Gasteiger partial charge in [0.15, 0.2) is 11.0 Å². The molecule has 176 valence electrons. The van der Waals surface area contributed by atoms with E-state index in [-0.39, 0.29) is 17.4 Å². The molecule has 12 heteroatoms. The highest BCUT2D eigenvalue weighted by atomic mass is 32.2. The van der Waals surface area contributed by atoms with Gasteiger partial charge in [-0.15, -0.1) is 20.4 Å². The van der Waals surface area contributed by atoms with E-state index in [1.54, 1.807) is 22.8 Å². The third-order valence-corrected chi connectivity index (χ3v) is 7.32. The molecule has 0 bridgehead atoms. The predicted molar refractivity (Wildman–Crippen MR) is 123 cm³/mol. The molecular weight excluding hydrogens is 470 g/mol. The molecule has 1 aliphatic rings. The fraction of sp³-hybridized carbons (Fsp3) is 0.476. The first-order valence-electron chi connectivity index (χ1n) is 10.8. The molecule has 0 atom stereocenters. The van der Waals surface area contributed by atoms with Gasteiger partial charge in [-0.25, -0.2) is 0 Å². The van der Waals surface area contributed by atoms with Crippen LogP contribution in [0.3, 0.4) is 0 Å². The minimum Gasteiger partial charge on any atom is -0.434 e. The van der Waals surface area contributed by atoms with Crippen molar-refractivity contribution in [3.8, 4) is 17.1 Å². The van der Waals surface area contributed by atoms with Crippen LogP contribution < -0.4 is 10.1 Å². The number of hydrogen-bond donors (Lipinski definition) is 1. The summed E-state index contributed by atoms with van der Waals surface area (Å²) >= 11 is 2.65. The van der Waals surface area contributed by atoms with Crippen molar-refractivity contribution in [2.24, 2.45) is 0 Å². The second kappa shape index (κ2) is 11.0. The third-order valence-electron chi connectivity index (χ3n) is 5.35. The topological polar surface area (TPSA) is 94.8 Å². The first kappa shape index (κ1) is 23.6. The van der Waals surface area contributed by atoms with E-state index in [4.69, 9.17) is 0 Å². The summed E-state index contributed by atoms with van der Waals surface area (Å²) in [6.45, 7) is -0.557. The zero-order chi connectivity index (χ0) is 23.2. The number of hydrogen-bond acceptors (Lipinski definition) is 8. The Hall–Kier alpha value is -2.60. The van der Waals surface area contributed by atoms with Crippen molar-refractivity contribution in [1.29, 1.82) is 0 Å². The van der Waals surface area contributed by atoms with Crippen LogP contribution in [0.15, 0.2) is 29.4 Å². The summed E-state index contributed by atoms with van der Waals surface area (Å²) in [5.41, 5.74) is 0.410. The van der Waals surface area contributed by atoms with Crippen LogP contribution in [0.4, 0.5) is 13.9 Å². The number of alkyl halides is 2. The van der Waals surface area contributed by atoms with Crippen LogP contribution in [0.1, 0.15) is 50.0 Å². The molecular formula is C21H24F2N6O2S2. The lowest BCUT2D eigenvalue weighted by Gasteiger charge is -2.18. The van der Waals surface area contributed by atoms with Gasteiger partial charge in [0.25, 0.3) is 0 Å². The van der Waals surface area contributed by atoms with E-state index in [1.165, 1.54) is 48.4 Å². The van der Waals surface area contributed by atoms with Crippen LogP contribution in [0.5, 0.6) is 5.75 Å². The van der Waals surface area contributed by atoms with Crippen LogP contribution in [-0.4, -0.2) is 43.2 Å². The summed E-state index contributed by atoms with van der Waals surface area (Å²) in [5.74, 6) is 0.743. The maximum absolute atomic E-state index is 12.8. The molecule has 1 amide bonds. The number of halogens is 2. The number of rotatable bonds is 9. The monoisotopic (exact) mass is 494 g/mol. The van der Waals surface area contributed by atoms with Gasteiger partial charge in [-0.2, -0.15) is 8.78 Å². The molecule has 3 aromatic rings. The summed E-state index contributed by atoms with van der Waals surface area (Å²) in [6.07, 6.45) is 5.94. The molecule has 1 fully saturated rings. The Kier molecular flexibility index (Phi) is 7.86. The Labute approximate surface area is 198 Å². The molecule has 33 heavy (non-hydrogen) atoms. The van der Waals surface area contributed by atoms with Crippen molar-refractivity contribution < 1.29 is 18.3 Å². The average Bonchev–Trinajstić information content (AvgIpc) is 3.45. The number of ether oxygens (including phenoxy) is 1. The Morgan fingerprint density at radius 1 is 1.21 bits per heavy atom. The van der Waals surface area contributed by atoms with E-state index >= 15 is 0 Å². The highest BCUT2D eigenvalue weighted by Crippen LogP contribution is 2.35. The number of amides is 1. The smallest absolute Gasteiger partial charge is 0.387 e. The molecule has 8 nitrogen and oxygen atoms in total. The number of nitrogens with one attached hydrogen (secondary N) is 1. The SMILES string of the molecule is CCn1c(SCC(=O)Nc2nnc(C3CCCCC3)s2)nnc1-c1ccccc1OC(F)F. The molecule has 1 aliphatic carbocycles. The zero-order valence-electron chi connectivity index (χ0n) is 18.0. The van der Waals surface area contributed by atoms with Gasteiger partial charge in [0, 0.05) is 12.5 Å². The van der Waals surface area contributed by atoms with Crippen LogP contribution in [-0.2, 0) is 11.3 Å². The molecule has 1 saturated carbocycles. The standard InChI is InChI=1S/C21H24F2N6O2S2/c1-2-29-17(14-10-6-7-11-15(14)31-19(22)23)25-28-21(29)32-12-16(30)24-20-27-26-18(33-20)13-8-4-3-5-9-13/h6-7,10-11,13,19H,2-5,8-9,12H2,1H3,(H,24,27,30). The van der Waals surface area contributed by atoms with E-state index in [2.05, 4.69) is 30.4 Å². The van der Waals surface area contributed by atoms with Gasteiger partial charge < -0.3 is 9.30 Å². The third kappa shape index (κ3) is 5.85. The van der Waals surface area contributed by atoms with Crippen molar-refractivity contribution >= 4 is 34.1 Å². The normalized spacial score (nSPS) is 14.5. The Morgan fingerprint density at radius 2 is 2.00 bits per heavy atom. The maximum Gasteiger partial charge on any atom is 0.387 e. The molecule has 1 N–H and O–H groups in total. The Morgan fingerprint density at radius 3 is 2.76 bits per heavy atom. The first-order chi connectivity index (χ1) is 16.0.